The number of fused-ring (bicyclic) bond motifs is 1. The van der Waals surface area contributed by atoms with E-state index in [4.69, 9.17) is 16.3 Å². The Morgan fingerprint density at radius 1 is 1.18 bits per heavy atom. The maximum atomic E-state index is 13.4. The van der Waals surface area contributed by atoms with Gasteiger partial charge in [-0.05, 0) is 67.1 Å². The van der Waals surface area contributed by atoms with Gasteiger partial charge >= 0.3 is 0 Å². The molecule has 2 heterocycles. The number of ether oxygens (including phenoxy) is 1. The van der Waals surface area contributed by atoms with Crippen LogP contribution in [0.25, 0.3) is 0 Å². The van der Waals surface area contributed by atoms with Crippen molar-refractivity contribution >= 4 is 34.8 Å². The van der Waals surface area contributed by atoms with Crippen LogP contribution in [0.15, 0.2) is 60.0 Å². The van der Waals surface area contributed by atoms with Crippen LogP contribution in [0.3, 0.4) is 0 Å². The third kappa shape index (κ3) is 5.23. The molecule has 4 rings (SSSR count). The van der Waals surface area contributed by atoms with E-state index in [0.717, 1.165) is 23.3 Å². The number of amides is 2. The van der Waals surface area contributed by atoms with Crippen LogP contribution >= 0.6 is 22.9 Å². The summed E-state index contributed by atoms with van der Waals surface area (Å²) in [5, 5.41) is 2.57. The van der Waals surface area contributed by atoms with E-state index in [1.54, 1.807) is 40.5 Å². The number of carbonyl (C=O) groups is 2. The summed E-state index contributed by atoms with van der Waals surface area (Å²) in [7, 11) is 0. The first-order valence-electron chi connectivity index (χ1n) is 11.1. The molecule has 0 saturated carbocycles. The van der Waals surface area contributed by atoms with Crippen molar-refractivity contribution in [2.75, 3.05) is 26.2 Å². The fourth-order valence-corrected chi connectivity index (χ4v) is 5.27. The SMILES string of the molecule is CCN(CC(=O)N1CCc2sccc2[C@@H]1COc1ccccc1C)C(=O)c1cccc(Cl)c1. The molecule has 0 aliphatic carbocycles. The highest BCUT2D eigenvalue weighted by Gasteiger charge is 2.33. The minimum absolute atomic E-state index is 0.0161. The van der Waals surface area contributed by atoms with E-state index in [1.807, 2.05) is 43.0 Å². The Bertz CT molecular complexity index is 1150. The number of benzene rings is 2. The largest absolute Gasteiger partial charge is 0.491 e. The van der Waals surface area contributed by atoms with E-state index in [9.17, 15) is 9.59 Å². The summed E-state index contributed by atoms with van der Waals surface area (Å²) in [4.78, 5) is 31.2. The van der Waals surface area contributed by atoms with E-state index in [2.05, 4.69) is 11.4 Å². The van der Waals surface area contributed by atoms with Gasteiger partial charge in [0.2, 0.25) is 5.91 Å². The highest BCUT2D eigenvalue weighted by Crippen LogP contribution is 2.34. The fourth-order valence-electron chi connectivity index (χ4n) is 4.15. The lowest BCUT2D eigenvalue weighted by Crippen LogP contribution is -2.47. The molecule has 1 aromatic heterocycles. The monoisotopic (exact) mass is 482 g/mol. The van der Waals surface area contributed by atoms with Crippen LogP contribution in [-0.4, -0.2) is 47.9 Å². The van der Waals surface area contributed by atoms with Gasteiger partial charge in [-0.2, -0.15) is 0 Å². The fraction of sp³-hybridized carbons (Fsp3) is 0.308. The van der Waals surface area contributed by atoms with Gasteiger partial charge in [-0.25, -0.2) is 0 Å². The van der Waals surface area contributed by atoms with Gasteiger partial charge in [-0.1, -0.05) is 35.9 Å². The molecule has 1 aliphatic rings. The molecular weight excluding hydrogens is 456 g/mol. The van der Waals surface area contributed by atoms with E-state index in [0.29, 0.717) is 30.3 Å². The number of halogens is 1. The molecule has 5 nitrogen and oxygen atoms in total. The van der Waals surface area contributed by atoms with Crippen LogP contribution in [0.4, 0.5) is 0 Å². The number of likely N-dealkylation sites (N-methyl/N-ethyl adjacent to an activating group) is 1. The first-order valence-corrected chi connectivity index (χ1v) is 12.3. The van der Waals surface area contributed by atoms with Crippen LogP contribution in [-0.2, 0) is 11.2 Å². The molecule has 7 heteroatoms. The molecule has 3 aromatic rings. The first-order chi connectivity index (χ1) is 16.0. The lowest BCUT2D eigenvalue weighted by Gasteiger charge is -2.37. The van der Waals surface area contributed by atoms with Crippen molar-refractivity contribution in [2.24, 2.45) is 0 Å². The zero-order chi connectivity index (χ0) is 23.4. The molecular formula is C26H27ClN2O3S. The molecule has 1 aliphatic heterocycles. The molecule has 0 N–H and O–H groups in total. The molecule has 0 fully saturated rings. The van der Waals surface area contributed by atoms with Crippen LogP contribution in [0.2, 0.25) is 5.02 Å². The number of hydrogen-bond donors (Lipinski definition) is 0. The predicted octanol–water partition coefficient (Wildman–Crippen LogP) is 5.38. The Labute approximate surface area is 203 Å². The highest BCUT2D eigenvalue weighted by molar-refractivity contribution is 7.10. The Hall–Kier alpha value is -2.83. The molecule has 2 aromatic carbocycles. The van der Waals surface area contributed by atoms with E-state index < -0.39 is 0 Å². The van der Waals surface area contributed by atoms with Gasteiger partial charge in [-0.3, -0.25) is 9.59 Å². The van der Waals surface area contributed by atoms with Crippen molar-refractivity contribution < 1.29 is 14.3 Å². The van der Waals surface area contributed by atoms with Gasteiger partial charge < -0.3 is 14.5 Å². The van der Waals surface area contributed by atoms with Gasteiger partial charge in [0.25, 0.3) is 5.91 Å². The van der Waals surface area contributed by atoms with Crippen LogP contribution in [0.1, 0.15) is 39.3 Å². The quantitative estimate of drug-likeness (QED) is 0.454. The first kappa shape index (κ1) is 23.3. The number of thiophene rings is 1. The Morgan fingerprint density at radius 2 is 2.00 bits per heavy atom. The summed E-state index contributed by atoms with van der Waals surface area (Å²) >= 11 is 7.78. The number of nitrogens with zero attached hydrogens (tertiary/aromatic N) is 2. The Balaban J connectivity index is 1.52. The smallest absolute Gasteiger partial charge is 0.254 e. The van der Waals surface area contributed by atoms with Gasteiger partial charge in [0.05, 0.1) is 6.04 Å². The highest BCUT2D eigenvalue weighted by atomic mass is 35.5. The molecule has 0 saturated heterocycles. The maximum Gasteiger partial charge on any atom is 0.254 e. The van der Waals surface area contributed by atoms with Crippen molar-refractivity contribution in [1.82, 2.24) is 9.80 Å². The number of rotatable bonds is 7. The van der Waals surface area contributed by atoms with Gasteiger partial charge in [0.15, 0.2) is 0 Å². The average Bonchev–Trinajstić information content (AvgIpc) is 3.30. The van der Waals surface area contributed by atoms with Crippen molar-refractivity contribution in [3.05, 3.63) is 86.6 Å². The van der Waals surface area contributed by atoms with Gasteiger partial charge in [0.1, 0.15) is 18.9 Å². The number of hydrogen-bond acceptors (Lipinski definition) is 4. The second-order valence-corrected chi connectivity index (χ2v) is 9.50. The van der Waals surface area contributed by atoms with Crippen LogP contribution in [0, 0.1) is 6.92 Å². The van der Waals surface area contributed by atoms with Crippen LogP contribution < -0.4 is 4.74 Å². The van der Waals surface area contributed by atoms with E-state index in [-0.39, 0.29) is 24.4 Å². The van der Waals surface area contributed by atoms with E-state index in [1.165, 1.54) is 4.88 Å². The summed E-state index contributed by atoms with van der Waals surface area (Å²) in [6, 6.07) is 16.6. The number of aryl methyl sites for hydroxylation is 1. The number of para-hydroxylation sites is 1. The summed E-state index contributed by atoms with van der Waals surface area (Å²) in [5.41, 5.74) is 2.67. The summed E-state index contributed by atoms with van der Waals surface area (Å²) < 4.78 is 6.16. The molecule has 2 amide bonds. The third-order valence-corrected chi connectivity index (χ3v) is 7.20. The predicted molar refractivity (Wildman–Crippen MR) is 132 cm³/mol. The topological polar surface area (TPSA) is 49.9 Å². The molecule has 0 unspecified atom stereocenters. The molecule has 0 bridgehead atoms. The zero-order valence-electron chi connectivity index (χ0n) is 18.8. The lowest BCUT2D eigenvalue weighted by molar-refractivity contribution is -0.135. The van der Waals surface area contributed by atoms with Crippen molar-refractivity contribution in [1.29, 1.82) is 0 Å². The molecule has 0 radical (unpaired) electrons. The van der Waals surface area contributed by atoms with Crippen molar-refractivity contribution in [3.8, 4) is 5.75 Å². The zero-order valence-corrected chi connectivity index (χ0v) is 20.4. The Kier molecular flexibility index (Phi) is 7.36. The number of carbonyl (C=O) groups excluding carboxylic acids is 2. The molecule has 33 heavy (non-hydrogen) atoms. The summed E-state index contributed by atoms with van der Waals surface area (Å²) in [6.07, 6.45) is 0.813. The summed E-state index contributed by atoms with van der Waals surface area (Å²) in [5.74, 6) is 0.537. The van der Waals surface area contributed by atoms with E-state index >= 15 is 0 Å². The Morgan fingerprint density at radius 3 is 2.76 bits per heavy atom. The van der Waals surface area contributed by atoms with Crippen molar-refractivity contribution in [2.45, 2.75) is 26.3 Å². The van der Waals surface area contributed by atoms with Gasteiger partial charge in [0, 0.05) is 28.6 Å². The summed E-state index contributed by atoms with van der Waals surface area (Å²) in [6.45, 7) is 5.31. The standard InChI is InChI=1S/C26H27ClN2O3S/c1-3-28(26(31)19-8-6-9-20(27)15-19)16-25(30)29-13-11-24-21(12-14-33-24)22(29)17-32-23-10-5-4-7-18(23)2/h4-10,12,14-15,22H,3,11,13,16-17H2,1-2H3/t22-/m0/s1. The minimum atomic E-state index is -0.200. The normalized spacial score (nSPS) is 15.1. The van der Waals surface area contributed by atoms with Crippen LogP contribution in [0.5, 0.6) is 5.75 Å². The minimum Gasteiger partial charge on any atom is -0.491 e. The van der Waals surface area contributed by atoms with Crippen molar-refractivity contribution in [3.63, 3.8) is 0 Å². The average molecular weight is 483 g/mol. The maximum absolute atomic E-state index is 13.4. The lowest BCUT2D eigenvalue weighted by atomic mass is 10.00. The molecule has 0 spiro atoms. The third-order valence-electron chi connectivity index (χ3n) is 5.97. The van der Waals surface area contributed by atoms with Gasteiger partial charge in [-0.15, -0.1) is 11.3 Å². The molecule has 1 atom stereocenters. The second-order valence-electron chi connectivity index (χ2n) is 8.06. The molecule has 172 valence electrons. The second kappa shape index (κ2) is 10.4.